The highest BCUT2D eigenvalue weighted by Gasteiger charge is 2.57. The minimum Gasteiger partial charge on any atom is -0.347 e. The Morgan fingerprint density at radius 3 is 2.48 bits per heavy atom. The Kier molecular flexibility index (Phi) is 9.05. The van der Waals surface area contributed by atoms with Gasteiger partial charge in [0, 0.05) is 42.9 Å². The van der Waals surface area contributed by atoms with Crippen LogP contribution in [0.15, 0.2) is 42.5 Å². The summed E-state index contributed by atoms with van der Waals surface area (Å²) in [6.07, 6.45) is -0.572. The van der Waals surface area contributed by atoms with E-state index in [2.05, 4.69) is 16.0 Å². The van der Waals surface area contributed by atoms with Gasteiger partial charge in [-0.2, -0.15) is 0 Å². The molecule has 1 heterocycles. The molecule has 9 nitrogen and oxygen atoms in total. The number of nitrogens with one attached hydrogen (secondary N) is 3. The zero-order chi connectivity index (χ0) is 29.0. The van der Waals surface area contributed by atoms with Gasteiger partial charge in [-0.05, 0) is 54.8 Å². The molecule has 4 amide bonds. The molecule has 5 N–H and O–H groups in total. The van der Waals surface area contributed by atoms with Crippen molar-refractivity contribution in [1.82, 2.24) is 15.5 Å². The van der Waals surface area contributed by atoms with Crippen molar-refractivity contribution in [3.63, 3.8) is 0 Å². The SMILES string of the molecule is Cc1cc(NC(=O)[C@H](CCN)NC(=O)[C@@H]2Cc3ccccc3CN2C(=O)CCC(=O)NC2CC2(F)F)ccc1Cl. The highest BCUT2D eigenvalue weighted by molar-refractivity contribution is 6.31. The maximum Gasteiger partial charge on any atom is 0.270 e. The van der Waals surface area contributed by atoms with E-state index in [1.54, 1.807) is 25.1 Å². The van der Waals surface area contributed by atoms with Gasteiger partial charge in [0.05, 0.1) is 6.04 Å². The standard InChI is InChI=1S/C28H32ClF2N5O4/c1-16-12-19(6-7-20(16)29)33-26(39)21(10-11-32)34-27(40)22-13-17-4-2-3-5-18(17)15-36(22)25(38)9-8-24(37)35-23-14-28(23,30)31/h2-7,12,21-23H,8-11,13-15,32H2,1H3,(H,33,39)(H,34,40)(H,35,37)/t21-,22-,23?/m0/s1. The van der Waals surface area contributed by atoms with Crippen LogP contribution in [-0.2, 0) is 32.1 Å². The molecular weight excluding hydrogens is 544 g/mol. The first kappa shape index (κ1) is 29.4. The van der Waals surface area contributed by atoms with Crippen LogP contribution in [0.2, 0.25) is 5.02 Å². The summed E-state index contributed by atoms with van der Waals surface area (Å²) in [5.41, 5.74) is 8.75. The van der Waals surface area contributed by atoms with Gasteiger partial charge in [0.15, 0.2) is 0 Å². The molecule has 0 bridgehead atoms. The van der Waals surface area contributed by atoms with Gasteiger partial charge in [0.25, 0.3) is 5.92 Å². The highest BCUT2D eigenvalue weighted by atomic mass is 35.5. The fourth-order valence-corrected chi connectivity index (χ4v) is 4.79. The number of benzene rings is 2. The number of anilines is 1. The Balaban J connectivity index is 1.45. The van der Waals surface area contributed by atoms with E-state index in [0.717, 1.165) is 16.7 Å². The lowest BCUT2D eigenvalue weighted by atomic mass is 9.92. The van der Waals surface area contributed by atoms with Gasteiger partial charge in [-0.25, -0.2) is 8.78 Å². The maximum absolute atomic E-state index is 13.5. The van der Waals surface area contributed by atoms with E-state index in [-0.39, 0.29) is 38.8 Å². The summed E-state index contributed by atoms with van der Waals surface area (Å²) in [6.45, 7) is 2.06. The second-order valence-corrected chi connectivity index (χ2v) is 10.6. The number of hydrogen-bond acceptors (Lipinski definition) is 5. The molecule has 1 fully saturated rings. The smallest absolute Gasteiger partial charge is 0.270 e. The molecule has 12 heteroatoms. The minimum absolute atomic E-state index is 0.128. The number of nitrogens with two attached hydrogens (primary N) is 1. The predicted molar refractivity (Wildman–Crippen MR) is 146 cm³/mol. The summed E-state index contributed by atoms with van der Waals surface area (Å²) in [7, 11) is 0. The fraction of sp³-hybridized carbons (Fsp3) is 0.429. The van der Waals surface area contributed by atoms with Crippen molar-refractivity contribution in [2.45, 2.75) is 69.6 Å². The predicted octanol–water partition coefficient (Wildman–Crippen LogP) is 2.68. The minimum atomic E-state index is -2.90. The number of carbonyl (C=O) groups is 4. The normalized spacial score (nSPS) is 19.7. The van der Waals surface area contributed by atoms with Crippen LogP contribution >= 0.6 is 11.6 Å². The van der Waals surface area contributed by atoms with Crippen LogP contribution in [0.25, 0.3) is 0 Å². The van der Waals surface area contributed by atoms with Crippen LogP contribution in [0.5, 0.6) is 0 Å². The molecule has 0 saturated heterocycles. The van der Waals surface area contributed by atoms with Gasteiger partial charge in [-0.15, -0.1) is 0 Å². The first-order valence-corrected chi connectivity index (χ1v) is 13.5. The second kappa shape index (κ2) is 12.3. The monoisotopic (exact) mass is 575 g/mol. The number of carbonyl (C=O) groups excluding carboxylic acids is 4. The Labute approximate surface area is 235 Å². The lowest BCUT2D eigenvalue weighted by Crippen LogP contribution is -2.56. The lowest BCUT2D eigenvalue weighted by Gasteiger charge is -2.36. The number of fused-ring (bicyclic) bond motifs is 1. The molecule has 2 aromatic carbocycles. The van der Waals surface area contributed by atoms with Crippen LogP contribution in [-0.4, -0.2) is 59.1 Å². The van der Waals surface area contributed by atoms with E-state index in [1.807, 2.05) is 24.3 Å². The van der Waals surface area contributed by atoms with E-state index < -0.39 is 54.1 Å². The van der Waals surface area contributed by atoms with Gasteiger partial charge in [-0.1, -0.05) is 35.9 Å². The highest BCUT2D eigenvalue weighted by Crippen LogP contribution is 2.41. The summed E-state index contributed by atoms with van der Waals surface area (Å²) in [6, 6.07) is 9.29. The molecule has 0 aromatic heterocycles. The second-order valence-electron chi connectivity index (χ2n) is 10.2. The maximum atomic E-state index is 13.5. The van der Waals surface area contributed by atoms with Crippen LogP contribution in [0, 0.1) is 6.92 Å². The molecule has 2 aromatic rings. The molecular formula is C28H32ClF2N5O4. The quantitative estimate of drug-likeness (QED) is 0.346. The molecule has 40 heavy (non-hydrogen) atoms. The van der Waals surface area contributed by atoms with Gasteiger partial charge in [0.2, 0.25) is 23.6 Å². The molecule has 214 valence electrons. The molecule has 2 aliphatic rings. The summed E-state index contributed by atoms with van der Waals surface area (Å²) >= 11 is 6.06. The number of rotatable bonds is 10. The Morgan fingerprint density at radius 1 is 1.12 bits per heavy atom. The summed E-state index contributed by atoms with van der Waals surface area (Å²) in [5, 5.41) is 8.29. The van der Waals surface area contributed by atoms with Crippen molar-refractivity contribution >= 4 is 40.9 Å². The first-order chi connectivity index (χ1) is 19.0. The number of nitrogens with zero attached hydrogens (tertiary/aromatic N) is 1. The van der Waals surface area contributed by atoms with Crippen molar-refractivity contribution in [2.75, 3.05) is 11.9 Å². The Morgan fingerprint density at radius 2 is 1.82 bits per heavy atom. The topological polar surface area (TPSA) is 134 Å². The van der Waals surface area contributed by atoms with Crippen molar-refractivity contribution in [2.24, 2.45) is 5.73 Å². The number of hydrogen-bond donors (Lipinski definition) is 4. The summed E-state index contributed by atoms with van der Waals surface area (Å²) in [4.78, 5) is 53.3. The van der Waals surface area contributed by atoms with Crippen LogP contribution in [0.3, 0.4) is 0 Å². The zero-order valence-electron chi connectivity index (χ0n) is 22.0. The molecule has 3 atom stereocenters. The molecule has 1 aliphatic heterocycles. The van der Waals surface area contributed by atoms with Crippen LogP contribution in [0.1, 0.15) is 42.4 Å². The zero-order valence-corrected chi connectivity index (χ0v) is 22.8. The molecule has 4 rings (SSSR count). The lowest BCUT2D eigenvalue weighted by molar-refractivity contribution is -0.143. The molecule has 0 spiro atoms. The van der Waals surface area contributed by atoms with Gasteiger partial charge < -0.3 is 26.6 Å². The van der Waals surface area contributed by atoms with E-state index in [0.29, 0.717) is 10.7 Å². The van der Waals surface area contributed by atoms with Gasteiger partial charge in [-0.3, -0.25) is 19.2 Å². The van der Waals surface area contributed by atoms with Crippen molar-refractivity contribution in [1.29, 1.82) is 0 Å². The van der Waals surface area contributed by atoms with Crippen molar-refractivity contribution in [3.8, 4) is 0 Å². The molecule has 1 unspecified atom stereocenters. The molecule has 0 radical (unpaired) electrons. The first-order valence-electron chi connectivity index (χ1n) is 13.1. The number of amides is 4. The summed E-state index contributed by atoms with van der Waals surface area (Å²) in [5.74, 6) is -5.03. The number of halogens is 3. The van der Waals surface area contributed by atoms with E-state index >= 15 is 0 Å². The third kappa shape index (κ3) is 7.14. The largest absolute Gasteiger partial charge is 0.347 e. The van der Waals surface area contributed by atoms with Gasteiger partial charge >= 0.3 is 0 Å². The average molecular weight is 576 g/mol. The molecule has 1 aliphatic carbocycles. The van der Waals surface area contributed by atoms with Crippen molar-refractivity contribution in [3.05, 3.63) is 64.2 Å². The third-order valence-electron chi connectivity index (χ3n) is 7.11. The van der Waals surface area contributed by atoms with Crippen molar-refractivity contribution < 1.29 is 28.0 Å². The van der Waals surface area contributed by atoms with E-state index in [4.69, 9.17) is 17.3 Å². The summed E-state index contributed by atoms with van der Waals surface area (Å²) < 4.78 is 26.2. The van der Waals surface area contributed by atoms with Crippen LogP contribution < -0.4 is 21.7 Å². The van der Waals surface area contributed by atoms with E-state index in [9.17, 15) is 28.0 Å². The van der Waals surface area contributed by atoms with Crippen LogP contribution in [0.4, 0.5) is 14.5 Å². The third-order valence-corrected chi connectivity index (χ3v) is 7.54. The number of alkyl halides is 2. The van der Waals surface area contributed by atoms with Gasteiger partial charge in [0.1, 0.15) is 12.1 Å². The Hall–Kier alpha value is -3.57. The average Bonchev–Trinajstić information content (AvgIpc) is 3.52. The molecule has 1 saturated carbocycles. The van der Waals surface area contributed by atoms with E-state index in [1.165, 1.54) is 4.90 Å². The Bertz CT molecular complexity index is 1310. The number of aryl methyl sites for hydroxylation is 1. The fourth-order valence-electron chi connectivity index (χ4n) is 4.67.